The van der Waals surface area contributed by atoms with Crippen LogP contribution in [0, 0.1) is 6.92 Å². The van der Waals surface area contributed by atoms with Crippen LogP contribution < -0.4 is 20.3 Å². The van der Waals surface area contributed by atoms with E-state index in [1.165, 1.54) is 49.9 Å². The molecule has 1 spiro atoms. The number of aryl methyl sites for hydroxylation is 2. The Hall–Kier alpha value is -3.20. The molecule has 4 heterocycles. The number of piperazine rings is 1. The number of fused-ring (bicyclic) bond motifs is 1. The number of nitrogens with one attached hydrogen (secondary N) is 2. The number of pyridine rings is 2. The Labute approximate surface area is 213 Å². The molecule has 1 saturated heterocycles. The van der Waals surface area contributed by atoms with Crippen LogP contribution >= 0.6 is 0 Å². The highest BCUT2D eigenvalue weighted by molar-refractivity contribution is 5.93. The number of carbonyl (C=O) groups excluding carboxylic acids is 1. The van der Waals surface area contributed by atoms with Crippen LogP contribution in [-0.4, -0.2) is 57.9 Å². The summed E-state index contributed by atoms with van der Waals surface area (Å²) in [5.41, 5.74) is 5.22. The third-order valence-electron chi connectivity index (χ3n) is 6.83. The Morgan fingerprint density at radius 2 is 2.08 bits per heavy atom. The van der Waals surface area contributed by atoms with Crippen molar-refractivity contribution in [2.45, 2.75) is 64.8 Å². The molecule has 3 aromatic heterocycles. The van der Waals surface area contributed by atoms with Gasteiger partial charge in [0.25, 0.3) is 0 Å². The molecule has 1 saturated carbocycles. The van der Waals surface area contributed by atoms with Crippen molar-refractivity contribution < 1.29 is 9.53 Å². The van der Waals surface area contributed by atoms with Crippen molar-refractivity contribution >= 4 is 28.3 Å². The van der Waals surface area contributed by atoms with Gasteiger partial charge < -0.3 is 20.3 Å². The third-order valence-corrected chi connectivity index (χ3v) is 6.83. The number of methoxy groups -OCH3 is 1. The van der Waals surface area contributed by atoms with E-state index >= 15 is 0 Å². The van der Waals surface area contributed by atoms with Gasteiger partial charge in [-0.15, -0.1) is 0 Å². The van der Waals surface area contributed by atoms with Gasteiger partial charge in [-0.3, -0.25) is 14.5 Å². The lowest BCUT2D eigenvalue weighted by Crippen LogP contribution is -2.52. The van der Waals surface area contributed by atoms with Gasteiger partial charge in [0.1, 0.15) is 5.82 Å². The molecule has 36 heavy (non-hydrogen) atoms. The maximum atomic E-state index is 11.5. The van der Waals surface area contributed by atoms with Crippen LogP contribution in [-0.2, 0) is 18.3 Å². The first-order chi connectivity index (χ1) is 17.4. The zero-order valence-electron chi connectivity index (χ0n) is 22.2. The molecule has 1 aliphatic carbocycles. The fourth-order valence-corrected chi connectivity index (χ4v) is 4.85. The van der Waals surface area contributed by atoms with Gasteiger partial charge in [0.05, 0.1) is 7.11 Å². The van der Waals surface area contributed by atoms with E-state index in [2.05, 4.69) is 50.5 Å². The van der Waals surface area contributed by atoms with Gasteiger partial charge in [0.15, 0.2) is 5.52 Å². The predicted octanol–water partition coefficient (Wildman–Crippen LogP) is 4.00. The van der Waals surface area contributed by atoms with Crippen molar-refractivity contribution in [3.05, 3.63) is 35.8 Å². The summed E-state index contributed by atoms with van der Waals surface area (Å²) in [5, 5.41) is 11.6. The smallest absolute Gasteiger partial charge is 0.244 e. The molecule has 1 aliphatic heterocycles. The first-order valence-electron chi connectivity index (χ1n) is 13.0. The second kappa shape index (κ2) is 11.2. The van der Waals surface area contributed by atoms with Crippen LogP contribution in [0.15, 0.2) is 24.5 Å². The number of rotatable bonds is 7. The van der Waals surface area contributed by atoms with Crippen molar-refractivity contribution in [3.63, 3.8) is 0 Å². The molecule has 2 N–H and O–H groups in total. The number of aromatic nitrogens is 4. The maximum absolute atomic E-state index is 11.5. The lowest BCUT2D eigenvalue weighted by molar-refractivity contribution is -0.116. The Morgan fingerprint density at radius 3 is 2.78 bits per heavy atom. The van der Waals surface area contributed by atoms with Crippen molar-refractivity contribution in [2.24, 2.45) is 7.05 Å². The highest BCUT2D eigenvalue weighted by Gasteiger charge is 2.45. The number of hydrogen-bond donors (Lipinski definition) is 2. The summed E-state index contributed by atoms with van der Waals surface area (Å²) in [4.78, 5) is 22.8. The minimum Gasteiger partial charge on any atom is -0.479 e. The van der Waals surface area contributed by atoms with E-state index in [-0.39, 0.29) is 5.91 Å². The normalized spacial score (nSPS) is 16.0. The highest BCUT2D eigenvalue weighted by atomic mass is 16.5. The van der Waals surface area contributed by atoms with Gasteiger partial charge in [0, 0.05) is 67.8 Å². The molecule has 2 fully saturated rings. The molecule has 3 aromatic rings. The molecular formula is C27H39N7O2. The zero-order chi connectivity index (χ0) is 25.7. The molecule has 194 valence electrons. The number of nitrogens with zero attached hydrogens (tertiary/aromatic N) is 5. The summed E-state index contributed by atoms with van der Waals surface area (Å²) in [6, 6.07) is 4.00. The van der Waals surface area contributed by atoms with E-state index in [0.29, 0.717) is 29.2 Å². The summed E-state index contributed by atoms with van der Waals surface area (Å²) < 4.78 is 6.87. The average molecular weight is 494 g/mol. The number of anilines is 2. The van der Waals surface area contributed by atoms with Crippen molar-refractivity contribution in [1.82, 2.24) is 25.1 Å². The van der Waals surface area contributed by atoms with Crippen LogP contribution in [0.1, 0.15) is 57.2 Å². The lowest BCUT2D eigenvalue weighted by Gasteiger charge is -2.37. The third kappa shape index (κ3) is 5.95. The topological polar surface area (TPSA) is 97.2 Å². The van der Waals surface area contributed by atoms with Crippen LogP contribution in [0.3, 0.4) is 0 Å². The van der Waals surface area contributed by atoms with E-state index in [9.17, 15) is 4.79 Å². The molecule has 2 aliphatic rings. The largest absolute Gasteiger partial charge is 0.479 e. The first kappa shape index (κ1) is 25.9. The van der Waals surface area contributed by atoms with Gasteiger partial charge in [-0.2, -0.15) is 10.1 Å². The lowest BCUT2D eigenvalue weighted by atomic mass is 10.0. The van der Waals surface area contributed by atoms with Crippen LogP contribution in [0.4, 0.5) is 11.5 Å². The van der Waals surface area contributed by atoms with E-state index in [0.717, 1.165) is 31.3 Å². The van der Waals surface area contributed by atoms with Gasteiger partial charge in [-0.05, 0) is 50.3 Å². The van der Waals surface area contributed by atoms with Gasteiger partial charge >= 0.3 is 0 Å². The molecule has 9 heteroatoms. The zero-order valence-corrected chi connectivity index (χ0v) is 22.2. The molecule has 0 radical (unpaired) electrons. The second-order valence-electron chi connectivity index (χ2n) is 9.83. The highest BCUT2D eigenvalue weighted by Crippen LogP contribution is 2.39. The molecule has 5 rings (SSSR count). The van der Waals surface area contributed by atoms with E-state index < -0.39 is 0 Å². The molecule has 0 unspecified atom stereocenters. The number of hydrogen-bond acceptors (Lipinski definition) is 7. The Bertz CT molecular complexity index is 1200. The van der Waals surface area contributed by atoms with Gasteiger partial charge in [-0.25, -0.2) is 0 Å². The van der Waals surface area contributed by atoms with E-state index in [1.807, 2.05) is 26.4 Å². The van der Waals surface area contributed by atoms with Crippen LogP contribution in [0.5, 0.6) is 5.88 Å². The summed E-state index contributed by atoms with van der Waals surface area (Å²) >= 11 is 0. The Balaban J connectivity index is 0.000000169. The fourth-order valence-electron chi connectivity index (χ4n) is 4.85. The van der Waals surface area contributed by atoms with Gasteiger partial charge in [0.2, 0.25) is 11.8 Å². The number of ether oxygens (including phenoxy) is 1. The monoisotopic (exact) mass is 493 g/mol. The van der Waals surface area contributed by atoms with Crippen LogP contribution in [0.2, 0.25) is 0 Å². The summed E-state index contributed by atoms with van der Waals surface area (Å²) in [5.74, 6) is 0.862. The average Bonchev–Trinajstić information content (AvgIpc) is 3.48. The standard InChI is InChI=1S/C15H23N3.C12H16N4O2/c1-3-4-13-12(2)16-8-5-14(13)18-10-9-17-15(11-18)6-7-15;1-4-5-10(17)13-9-6-8-7-16(2)15-11(8)12(14-9)18-3/h5,8,17H,3-4,6-7,9-11H2,1-2H3;6-7H,4-5H2,1-3H3,(H,13,17). The summed E-state index contributed by atoms with van der Waals surface area (Å²) in [7, 11) is 3.36. The molecule has 0 bridgehead atoms. The SMILES string of the molecule is CCCC(=O)Nc1cc2cn(C)nc2c(OC)n1.CCCc1c(N2CCNC3(CC3)C2)ccnc1C. The molecule has 9 nitrogen and oxygen atoms in total. The quantitative estimate of drug-likeness (QED) is 0.513. The van der Waals surface area contributed by atoms with Crippen molar-refractivity contribution in [2.75, 3.05) is 37.0 Å². The van der Waals surface area contributed by atoms with E-state index in [1.54, 1.807) is 10.7 Å². The second-order valence-corrected chi connectivity index (χ2v) is 9.83. The fraction of sp³-hybridized carbons (Fsp3) is 0.556. The Kier molecular flexibility index (Phi) is 8.08. The van der Waals surface area contributed by atoms with Crippen molar-refractivity contribution in [1.29, 1.82) is 0 Å². The minimum atomic E-state index is -0.0460. The molecule has 1 amide bonds. The van der Waals surface area contributed by atoms with E-state index in [4.69, 9.17) is 4.74 Å². The minimum absolute atomic E-state index is 0.0460. The summed E-state index contributed by atoms with van der Waals surface area (Å²) in [6.07, 6.45) is 10.1. The molecule has 0 aromatic carbocycles. The Morgan fingerprint density at radius 1 is 1.28 bits per heavy atom. The molecular weight excluding hydrogens is 454 g/mol. The first-order valence-corrected chi connectivity index (χ1v) is 13.0. The predicted molar refractivity (Wildman–Crippen MR) is 144 cm³/mol. The van der Waals surface area contributed by atoms with Gasteiger partial charge in [-0.1, -0.05) is 20.3 Å². The number of carbonyl (C=O) groups is 1. The van der Waals surface area contributed by atoms with Crippen molar-refractivity contribution in [3.8, 4) is 5.88 Å². The van der Waals surface area contributed by atoms with Crippen LogP contribution in [0.25, 0.3) is 10.9 Å². The number of amides is 1. The molecule has 0 atom stereocenters. The maximum Gasteiger partial charge on any atom is 0.244 e. The summed E-state index contributed by atoms with van der Waals surface area (Å²) in [6.45, 7) is 9.76.